The molecule has 0 aliphatic rings. The van der Waals surface area contributed by atoms with Crippen LogP contribution in [0.15, 0.2) is 0 Å². The van der Waals surface area contributed by atoms with E-state index in [-0.39, 0.29) is 31.1 Å². The van der Waals surface area contributed by atoms with Crippen molar-refractivity contribution in [2.45, 2.75) is 362 Å². The molecule has 1 unspecified atom stereocenters. The van der Waals surface area contributed by atoms with Gasteiger partial charge in [-0.3, -0.25) is 14.4 Å². The fourth-order valence-corrected chi connectivity index (χ4v) is 9.85. The smallest absolute Gasteiger partial charge is 0.306 e. The van der Waals surface area contributed by atoms with Crippen molar-refractivity contribution in [3.63, 3.8) is 0 Å². The van der Waals surface area contributed by atoms with Gasteiger partial charge in [0, 0.05) is 19.3 Å². The van der Waals surface area contributed by atoms with Crippen LogP contribution >= 0.6 is 0 Å². The van der Waals surface area contributed by atoms with Crippen LogP contribution in [0, 0.1) is 17.8 Å². The zero-order valence-electron chi connectivity index (χ0n) is 48.3. The van der Waals surface area contributed by atoms with Crippen LogP contribution in [0.25, 0.3) is 0 Å². The summed E-state index contributed by atoms with van der Waals surface area (Å²) in [6.45, 7) is 13.8. The van der Waals surface area contributed by atoms with E-state index in [1.54, 1.807) is 0 Å². The van der Waals surface area contributed by atoms with Gasteiger partial charge in [-0.05, 0) is 37.0 Å². The van der Waals surface area contributed by atoms with Crippen LogP contribution < -0.4 is 0 Å². The Morgan fingerprint density at radius 1 is 0.286 bits per heavy atom. The molecule has 416 valence electrons. The van der Waals surface area contributed by atoms with E-state index >= 15 is 0 Å². The normalized spacial score (nSPS) is 12.5. The standard InChI is InChI=1S/C64H124O6/c1-7-60(6)52-46-40-34-28-22-16-11-12-18-24-30-36-42-48-54-63(66)69-57-61(70-64(67)55-49-43-37-31-25-19-13-15-21-27-33-39-45-51-59(4)5)56-68-62(65)53-47-41-35-29-23-17-10-8-9-14-20-26-32-38-44-50-58(2)3/h58-61H,7-57H2,1-6H3/t60?,61-/m1/s1. The Morgan fingerprint density at radius 3 is 0.743 bits per heavy atom. The lowest BCUT2D eigenvalue weighted by Gasteiger charge is -2.18. The first-order valence-electron chi connectivity index (χ1n) is 31.6. The third-order valence-corrected chi connectivity index (χ3v) is 15.0. The van der Waals surface area contributed by atoms with Crippen molar-refractivity contribution >= 4 is 17.9 Å². The number of carbonyl (C=O) groups excluding carboxylic acids is 3. The van der Waals surface area contributed by atoms with E-state index in [0.29, 0.717) is 19.3 Å². The number of unbranched alkanes of at least 4 members (excludes halogenated alkanes) is 39. The Morgan fingerprint density at radius 2 is 0.500 bits per heavy atom. The van der Waals surface area contributed by atoms with E-state index in [0.717, 1.165) is 75.5 Å². The number of hydrogen-bond acceptors (Lipinski definition) is 6. The van der Waals surface area contributed by atoms with Gasteiger partial charge in [0.05, 0.1) is 0 Å². The molecule has 0 aromatic rings. The lowest BCUT2D eigenvalue weighted by atomic mass is 9.99. The van der Waals surface area contributed by atoms with Gasteiger partial charge in [0.2, 0.25) is 0 Å². The van der Waals surface area contributed by atoms with Crippen LogP contribution in [0.4, 0.5) is 0 Å². The summed E-state index contributed by atoms with van der Waals surface area (Å²) in [4.78, 5) is 38.3. The second kappa shape index (κ2) is 55.2. The number of esters is 3. The summed E-state index contributed by atoms with van der Waals surface area (Å²) in [6.07, 6.45) is 59.5. The summed E-state index contributed by atoms with van der Waals surface area (Å²) in [5.41, 5.74) is 0. The van der Waals surface area contributed by atoms with E-state index in [4.69, 9.17) is 14.2 Å². The highest BCUT2D eigenvalue weighted by Crippen LogP contribution is 2.19. The molecule has 0 aliphatic heterocycles. The number of rotatable bonds is 57. The third kappa shape index (κ3) is 55.7. The Labute approximate surface area is 438 Å². The highest BCUT2D eigenvalue weighted by Gasteiger charge is 2.19. The maximum atomic E-state index is 12.9. The first-order valence-corrected chi connectivity index (χ1v) is 31.6. The minimum atomic E-state index is -0.764. The van der Waals surface area contributed by atoms with Gasteiger partial charge in [0.1, 0.15) is 13.2 Å². The van der Waals surface area contributed by atoms with Crippen LogP contribution in [0.1, 0.15) is 356 Å². The zero-order chi connectivity index (χ0) is 51.2. The molecule has 70 heavy (non-hydrogen) atoms. The first-order chi connectivity index (χ1) is 34.1. The van der Waals surface area contributed by atoms with Crippen molar-refractivity contribution in [2.75, 3.05) is 13.2 Å². The van der Waals surface area contributed by atoms with Crippen molar-refractivity contribution in [3.8, 4) is 0 Å². The molecule has 0 rings (SSSR count). The molecule has 2 atom stereocenters. The molecular weight excluding hydrogens is 865 g/mol. The van der Waals surface area contributed by atoms with E-state index in [1.807, 2.05) is 0 Å². The van der Waals surface area contributed by atoms with Gasteiger partial charge in [-0.25, -0.2) is 0 Å². The third-order valence-electron chi connectivity index (χ3n) is 15.0. The molecule has 0 radical (unpaired) electrons. The summed E-state index contributed by atoms with van der Waals surface area (Å²) in [5, 5.41) is 0. The monoisotopic (exact) mass is 989 g/mol. The van der Waals surface area contributed by atoms with Crippen molar-refractivity contribution in [1.29, 1.82) is 0 Å². The molecule has 0 saturated carbocycles. The summed E-state index contributed by atoms with van der Waals surface area (Å²) >= 11 is 0. The van der Waals surface area contributed by atoms with Gasteiger partial charge in [0.15, 0.2) is 6.10 Å². The van der Waals surface area contributed by atoms with Crippen LogP contribution in [-0.4, -0.2) is 37.2 Å². The summed E-state index contributed by atoms with van der Waals surface area (Å²) in [7, 11) is 0. The average Bonchev–Trinajstić information content (AvgIpc) is 3.33. The van der Waals surface area contributed by atoms with E-state index < -0.39 is 6.10 Å². The van der Waals surface area contributed by atoms with Crippen molar-refractivity contribution < 1.29 is 28.6 Å². The van der Waals surface area contributed by atoms with Gasteiger partial charge in [-0.2, -0.15) is 0 Å². The van der Waals surface area contributed by atoms with Crippen LogP contribution in [-0.2, 0) is 28.6 Å². The highest BCUT2D eigenvalue weighted by atomic mass is 16.6. The fourth-order valence-electron chi connectivity index (χ4n) is 9.85. The molecule has 0 N–H and O–H groups in total. The largest absolute Gasteiger partial charge is 0.462 e. The van der Waals surface area contributed by atoms with E-state index in [1.165, 1.54) is 238 Å². The maximum absolute atomic E-state index is 12.9. The molecule has 0 aliphatic carbocycles. The van der Waals surface area contributed by atoms with E-state index in [2.05, 4.69) is 41.5 Å². The second-order valence-corrected chi connectivity index (χ2v) is 23.2. The molecule has 0 amide bonds. The van der Waals surface area contributed by atoms with Gasteiger partial charge >= 0.3 is 17.9 Å². The van der Waals surface area contributed by atoms with Gasteiger partial charge in [-0.1, -0.05) is 318 Å². The van der Waals surface area contributed by atoms with E-state index in [9.17, 15) is 14.4 Å². The van der Waals surface area contributed by atoms with Crippen molar-refractivity contribution in [1.82, 2.24) is 0 Å². The minimum absolute atomic E-state index is 0.0627. The van der Waals surface area contributed by atoms with Crippen LogP contribution in [0.2, 0.25) is 0 Å². The minimum Gasteiger partial charge on any atom is -0.462 e. The lowest BCUT2D eigenvalue weighted by molar-refractivity contribution is -0.167. The molecule has 0 heterocycles. The predicted octanol–water partition coefficient (Wildman–Crippen LogP) is 21.1. The summed E-state index contributed by atoms with van der Waals surface area (Å²) in [6, 6.07) is 0. The topological polar surface area (TPSA) is 78.9 Å². The van der Waals surface area contributed by atoms with Crippen LogP contribution in [0.3, 0.4) is 0 Å². The molecule has 0 spiro atoms. The van der Waals surface area contributed by atoms with Crippen molar-refractivity contribution in [2.24, 2.45) is 17.8 Å². The maximum Gasteiger partial charge on any atom is 0.306 e. The SMILES string of the molecule is CCC(C)CCCCCCCCCCCCCCCCC(=O)OC[C@@H](COC(=O)CCCCCCCCCCCCCCCCCC(C)C)OC(=O)CCCCCCCCCCCCCCCC(C)C. The van der Waals surface area contributed by atoms with Gasteiger partial charge < -0.3 is 14.2 Å². The highest BCUT2D eigenvalue weighted by molar-refractivity contribution is 5.71. The molecule has 0 bridgehead atoms. The number of carbonyl (C=O) groups is 3. The molecule has 0 aromatic carbocycles. The molecule has 0 fully saturated rings. The lowest BCUT2D eigenvalue weighted by Crippen LogP contribution is -2.30. The Hall–Kier alpha value is -1.59. The predicted molar refractivity (Wildman–Crippen MR) is 303 cm³/mol. The Kier molecular flexibility index (Phi) is 53.9. The first kappa shape index (κ1) is 68.4. The average molecular weight is 990 g/mol. The quantitative estimate of drug-likeness (QED) is 0.0343. The Bertz CT molecular complexity index is 1090. The van der Waals surface area contributed by atoms with Gasteiger partial charge in [0.25, 0.3) is 0 Å². The van der Waals surface area contributed by atoms with Crippen LogP contribution in [0.5, 0.6) is 0 Å². The second-order valence-electron chi connectivity index (χ2n) is 23.2. The fraction of sp³-hybridized carbons (Fsp3) is 0.953. The summed E-state index contributed by atoms with van der Waals surface area (Å²) < 4.78 is 17.0. The molecule has 0 aromatic heterocycles. The molecule has 6 heteroatoms. The molecule has 0 saturated heterocycles. The number of hydrogen-bond donors (Lipinski definition) is 0. The summed E-state index contributed by atoms with van der Waals surface area (Å²) in [5.74, 6) is 1.75. The molecular formula is C64H124O6. The molecule has 6 nitrogen and oxygen atoms in total. The van der Waals surface area contributed by atoms with Crippen molar-refractivity contribution in [3.05, 3.63) is 0 Å². The zero-order valence-corrected chi connectivity index (χ0v) is 48.3. The van der Waals surface area contributed by atoms with Gasteiger partial charge in [-0.15, -0.1) is 0 Å². The Balaban J connectivity index is 4.30. The number of ether oxygens (including phenoxy) is 3.